The van der Waals surface area contributed by atoms with Crippen LogP contribution in [0.15, 0.2) is 35.5 Å². The van der Waals surface area contributed by atoms with Crippen LogP contribution in [0.5, 0.6) is 0 Å². The van der Waals surface area contributed by atoms with Crippen molar-refractivity contribution in [3.8, 4) is 0 Å². The quantitative estimate of drug-likeness (QED) is 0.466. The molecule has 29 heavy (non-hydrogen) atoms. The summed E-state index contributed by atoms with van der Waals surface area (Å²) in [5.41, 5.74) is 6.84. The summed E-state index contributed by atoms with van der Waals surface area (Å²) in [7, 11) is -4.41. The Morgan fingerprint density at radius 3 is 2.90 bits per heavy atom. The van der Waals surface area contributed by atoms with Crippen LogP contribution in [0.25, 0.3) is 0 Å². The van der Waals surface area contributed by atoms with E-state index in [9.17, 15) is 18.3 Å². The molecule has 10 heteroatoms. The van der Waals surface area contributed by atoms with E-state index in [2.05, 4.69) is 17.6 Å². The summed E-state index contributed by atoms with van der Waals surface area (Å²) in [5, 5.41) is 18.8. The summed E-state index contributed by atoms with van der Waals surface area (Å²) in [4.78, 5) is 12.6. The van der Waals surface area contributed by atoms with Gasteiger partial charge in [-0.1, -0.05) is 29.9 Å². The number of hydrazine groups is 1. The second kappa shape index (κ2) is 6.47. The van der Waals surface area contributed by atoms with E-state index < -0.39 is 39.2 Å². The van der Waals surface area contributed by atoms with Crippen molar-refractivity contribution < 1.29 is 23.1 Å². The highest BCUT2D eigenvalue weighted by atomic mass is 32.2. The highest BCUT2D eigenvalue weighted by Crippen LogP contribution is 2.54. The standard InChI is InChI=1S/C19H26N4O5S/c20-17(24)19(25)16(23-14(7-8-22-23)28-18(19)29(21,26)27)15-12-5-1-3-10(12)9-11-4-2-6-13(11)15/h1,3,5,9,12-16,18,22,25H,2,4,6-8H2,(H2,20,24)(H2,21,26,27). The van der Waals surface area contributed by atoms with Crippen LogP contribution in [0.3, 0.4) is 0 Å². The van der Waals surface area contributed by atoms with Crippen LogP contribution in [0.4, 0.5) is 0 Å². The molecule has 2 aliphatic heterocycles. The number of carbonyl (C=O) groups excluding carboxylic acids is 1. The first-order valence-electron chi connectivity index (χ1n) is 10.0. The van der Waals surface area contributed by atoms with Crippen molar-refractivity contribution in [3.05, 3.63) is 35.5 Å². The lowest BCUT2D eigenvalue weighted by Crippen LogP contribution is -2.77. The van der Waals surface area contributed by atoms with Crippen molar-refractivity contribution in [1.82, 2.24) is 10.4 Å². The predicted octanol–water partition coefficient (Wildman–Crippen LogP) is -0.779. The maximum Gasteiger partial charge on any atom is 0.255 e. The molecule has 3 aliphatic carbocycles. The number of hydrogen-bond donors (Lipinski definition) is 4. The second-order valence-electron chi connectivity index (χ2n) is 8.62. The van der Waals surface area contributed by atoms with E-state index in [4.69, 9.17) is 15.6 Å². The average Bonchev–Trinajstić information content (AvgIpc) is 3.38. The number of primary amides is 1. The third-order valence-corrected chi connectivity index (χ3v) is 8.19. The fourth-order valence-corrected chi connectivity index (χ4v) is 7.08. The Hall–Kier alpha value is -1.56. The van der Waals surface area contributed by atoms with E-state index in [1.54, 1.807) is 5.01 Å². The largest absolute Gasteiger partial charge is 0.375 e. The zero-order valence-corrected chi connectivity index (χ0v) is 16.7. The molecule has 2 saturated heterocycles. The van der Waals surface area contributed by atoms with Crippen LogP contribution in [0.2, 0.25) is 0 Å². The highest BCUT2D eigenvalue weighted by Gasteiger charge is 2.67. The van der Waals surface area contributed by atoms with Crippen LogP contribution in [-0.4, -0.2) is 54.3 Å². The molecule has 0 aromatic carbocycles. The van der Waals surface area contributed by atoms with Gasteiger partial charge in [-0.25, -0.2) is 18.6 Å². The molecule has 0 bridgehead atoms. The minimum atomic E-state index is -4.41. The molecule has 9 nitrogen and oxygen atoms in total. The molecule has 0 spiro atoms. The molecule has 0 aromatic heterocycles. The zero-order chi connectivity index (χ0) is 20.6. The molecule has 0 radical (unpaired) electrons. The second-order valence-corrected chi connectivity index (χ2v) is 10.2. The number of amides is 1. The summed E-state index contributed by atoms with van der Waals surface area (Å²) in [6.07, 6.45) is 11.1. The van der Waals surface area contributed by atoms with Gasteiger partial charge >= 0.3 is 0 Å². The van der Waals surface area contributed by atoms with Crippen molar-refractivity contribution in [2.75, 3.05) is 6.54 Å². The number of ether oxygens (including phenoxy) is 1. The Labute approximate surface area is 169 Å². The molecule has 7 atom stereocenters. The lowest BCUT2D eigenvalue weighted by molar-refractivity contribution is -0.242. The molecule has 1 amide bonds. The summed E-state index contributed by atoms with van der Waals surface area (Å²) < 4.78 is 30.4. The first-order chi connectivity index (χ1) is 13.7. The van der Waals surface area contributed by atoms with E-state index >= 15 is 0 Å². The van der Waals surface area contributed by atoms with Crippen LogP contribution in [0.1, 0.15) is 25.7 Å². The van der Waals surface area contributed by atoms with Crippen LogP contribution >= 0.6 is 0 Å². The Kier molecular flexibility index (Phi) is 4.33. The van der Waals surface area contributed by atoms with Gasteiger partial charge in [-0.15, -0.1) is 0 Å². The number of nitrogens with zero attached hydrogens (tertiary/aromatic N) is 1. The Bertz CT molecular complexity index is 944. The van der Waals surface area contributed by atoms with Gasteiger partial charge in [-0.05, 0) is 36.7 Å². The molecular weight excluding hydrogens is 396 g/mol. The molecule has 5 aliphatic rings. The van der Waals surface area contributed by atoms with Gasteiger partial charge in [0.1, 0.15) is 6.23 Å². The number of hydrogen-bond acceptors (Lipinski definition) is 7. The number of allylic oxidation sites excluding steroid dienone is 6. The first kappa shape index (κ1) is 19.4. The minimum Gasteiger partial charge on any atom is -0.375 e. The fourth-order valence-electron chi connectivity index (χ4n) is 6.04. The van der Waals surface area contributed by atoms with E-state index in [0.717, 1.165) is 24.8 Å². The average molecular weight is 423 g/mol. The van der Waals surface area contributed by atoms with Gasteiger partial charge in [0.25, 0.3) is 5.91 Å². The first-order valence-corrected chi connectivity index (χ1v) is 11.6. The number of sulfonamides is 1. The van der Waals surface area contributed by atoms with Crippen LogP contribution in [-0.2, 0) is 19.6 Å². The van der Waals surface area contributed by atoms with Crippen molar-refractivity contribution in [2.45, 2.75) is 49.0 Å². The van der Waals surface area contributed by atoms with Crippen LogP contribution < -0.4 is 16.3 Å². The summed E-state index contributed by atoms with van der Waals surface area (Å²) in [6, 6.07) is -0.896. The van der Waals surface area contributed by atoms with E-state index in [1.165, 1.54) is 5.57 Å². The number of primary sulfonamides is 1. The SMILES string of the molecule is NC(=O)C1(O)C(C2C3C=CC=C3C=C3CCCC32)N2NCCC2OC1S(N)(=O)=O. The number of rotatable bonds is 3. The molecule has 1 saturated carbocycles. The number of nitrogens with one attached hydrogen (secondary N) is 1. The topological polar surface area (TPSA) is 148 Å². The summed E-state index contributed by atoms with van der Waals surface area (Å²) in [5.74, 6) is -1.30. The Balaban J connectivity index is 1.69. The van der Waals surface area contributed by atoms with Crippen molar-refractivity contribution in [1.29, 1.82) is 0 Å². The maximum atomic E-state index is 12.6. The van der Waals surface area contributed by atoms with Gasteiger partial charge in [0.05, 0.1) is 6.04 Å². The highest BCUT2D eigenvalue weighted by molar-refractivity contribution is 7.89. The molecule has 158 valence electrons. The van der Waals surface area contributed by atoms with Crippen LogP contribution in [0, 0.1) is 17.8 Å². The lowest BCUT2D eigenvalue weighted by Gasteiger charge is -2.54. The van der Waals surface area contributed by atoms with E-state index in [1.807, 2.05) is 12.2 Å². The zero-order valence-electron chi connectivity index (χ0n) is 15.9. The molecule has 6 N–H and O–H groups in total. The van der Waals surface area contributed by atoms with Gasteiger partial charge in [-0.3, -0.25) is 10.2 Å². The van der Waals surface area contributed by atoms with Gasteiger partial charge < -0.3 is 15.6 Å². The number of aliphatic hydroxyl groups is 1. The molecule has 3 fully saturated rings. The van der Waals surface area contributed by atoms with E-state index in [0.29, 0.717) is 13.0 Å². The monoisotopic (exact) mass is 422 g/mol. The Morgan fingerprint density at radius 1 is 1.38 bits per heavy atom. The van der Waals surface area contributed by atoms with Gasteiger partial charge in [-0.2, -0.15) is 0 Å². The van der Waals surface area contributed by atoms with Gasteiger partial charge in [0.15, 0.2) is 0 Å². The van der Waals surface area contributed by atoms with Crippen molar-refractivity contribution in [3.63, 3.8) is 0 Å². The lowest BCUT2D eigenvalue weighted by atomic mass is 9.64. The molecule has 5 rings (SSSR count). The molecule has 2 heterocycles. The third-order valence-electron chi connectivity index (χ3n) is 7.12. The van der Waals surface area contributed by atoms with E-state index in [-0.39, 0.29) is 17.8 Å². The molecular formula is C19H26N4O5S. The molecule has 0 aromatic rings. The normalized spacial score (nSPS) is 44.1. The van der Waals surface area contributed by atoms with Crippen molar-refractivity contribution in [2.24, 2.45) is 28.6 Å². The van der Waals surface area contributed by atoms with Gasteiger partial charge in [0, 0.05) is 18.9 Å². The summed E-state index contributed by atoms with van der Waals surface area (Å²) >= 11 is 0. The third kappa shape index (κ3) is 2.70. The Morgan fingerprint density at radius 2 is 2.17 bits per heavy atom. The number of carbonyl (C=O) groups is 1. The molecule has 7 unspecified atom stereocenters. The van der Waals surface area contributed by atoms with Gasteiger partial charge in [0.2, 0.25) is 21.1 Å². The summed E-state index contributed by atoms with van der Waals surface area (Å²) in [6.45, 7) is 0.538. The minimum absolute atomic E-state index is 0.0417. The number of nitrogens with two attached hydrogens (primary N) is 2. The van der Waals surface area contributed by atoms with Crippen molar-refractivity contribution >= 4 is 15.9 Å². The smallest absolute Gasteiger partial charge is 0.255 e. The predicted molar refractivity (Wildman–Crippen MR) is 104 cm³/mol. The maximum absolute atomic E-state index is 12.6. The fraction of sp³-hybridized carbons (Fsp3) is 0.632. The number of fused-ring (bicyclic) bond motifs is 3.